The van der Waals surface area contributed by atoms with Crippen molar-refractivity contribution in [3.63, 3.8) is 0 Å². The molecule has 0 amide bonds. The van der Waals surface area contributed by atoms with E-state index < -0.39 is 11.4 Å². The molecule has 0 fully saturated rings. The van der Waals surface area contributed by atoms with Crippen LogP contribution in [0.2, 0.25) is 0 Å². The molecule has 4 aromatic carbocycles. The number of aromatic nitrogens is 2. The highest BCUT2D eigenvalue weighted by Gasteiger charge is 2.30. The van der Waals surface area contributed by atoms with E-state index in [0.29, 0.717) is 19.6 Å². The van der Waals surface area contributed by atoms with Crippen molar-refractivity contribution in [2.45, 2.75) is 38.4 Å². The molecule has 6 aromatic rings. The number of pyridine rings is 2. The fourth-order valence-electron chi connectivity index (χ4n) is 5.70. The number of aliphatic carboxylic acids is 1. The van der Waals surface area contributed by atoms with E-state index in [0.717, 1.165) is 56.3 Å². The molecule has 0 saturated carbocycles. The van der Waals surface area contributed by atoms with Crippen LogP contribution in [0.25, 0.3) is 22.3 Å². The summed E-state index contributed by atoms with van der Waals surface area (Å²) >= 11 is 0. The number of nitrogens with zero attached hydrogens (tertiary/aromatic N) is 2. The topological polar surface area (TPSA) is 81.5 Å². The van der Waals surface area contributed by atoms with E-state index in [-0.39, 0.29) is 6.42 Å². The third kappa shape index (κ3) is 7.92. The van der Waals surface area contributed by atoms with Crippen LogP contribution in [0.3, 0.4) is 0 Å². The molecule has 0 unspecified atom stereocenters. The van der Waals surface area contributed by atoms with Gasteiger partial charge in [-0.1, -0.05) is 91.9 Å². The molecule has 1 N–H and O–H groups in total. The van der Waals surface area contributed by atoms with Crippen LogP contribution in [-0.2, 0) is 23.4 Å². The first-order valence-electron chi connectivity index (χ1n) is 15.7. The Morgan fingerprint density at radius 2 is 1.02 bits per heavy atom. The molecule has 0 aliphatic rings. The van der Waals surface area contributed by atoms with Crippen LogP contribution < -0.4 is 9.47 Å². The second-order valence-corrected chi connectivity index (χ2v) is 11.7. The molecule has 6 nitrogen and oxygen atoms in total. The van der Waals surface area contributed by atoms with E-state index in [1.807, 2.05) is 109 Å². The van der Waals surface area contributed by atoms with E-state index in [9.17, 15) is 9.90 Å². The minimum absolute atomic E-state index is 0.0415. The van der Waals surface area contributed by atoms with E-state index in [4.69, 9.17) is 9.47 Å². The second-order valence-electron chi connectivity index (χ2n) is 11.7. The Morgan fingerprint density at radius 3 is 1.43 bits per heavy atom. The van der Waals surface area contributed by atoms with Gasteiger partial charge >= 0.3 is 5.97 Å². The van der Waals surface area contributed by atoms with Gasteiger partial charge in [-0.2, -0.15) is 0 Å². The number of carboxylic acid groups (broad SMARTS) is 1. The number of carboxylic acids is 1. The quantitative estimate of drug-likeness (QED) is 0.139. The maximum atomic E-state index is 11.6. The van der Waals surface area contributed by atoms with Crippen molar-refractivity contribution in [2.75, 3.05) is 0 Å². The average Bonchev–Trinajstić information content (AvgIpc) is 3.13. The predicted molar refractivity (Wildman–Crippen MR) is 184 cm³/mol. The number of hydrogen-bond acceptors (Lipinski definition) is 5. The van der Waals surface area contributed by atoms with Gasteiger partial charge in [0.15, 0.2) is 0 Å². The van der Waals surface area contributed by atoms with E-state index in [1.54, 1.807) is 12.4 Å². The molecule has 2 aromatic heterocycles. The van der Waals surface area contributed by atoms with Gasteiger partial charge in [0.2, 0.25) is 0 Å². The fourth-order valence-corrected chi connectivity index (χ4v) is 5.70. The van der Waals surface area contributed by atoms with Gasteiger partial charge in [0.25, 0.3) is 0 Å². The Morgan fingerprint density at radius 1 is 0.596 bits per heavy atom. The lowest BCUT2D eigenvalue weighted by Crippen LogP contribution is -2.25. The third-order valence-corrected chi connectivity index (χ3v) is 8.44. The second kappa shape index (κ2) is 14.6. The summed E-state index contributed by atoms with van der Waals surface area (Å²) in [5, 5.41) is 9.55. The van der Waals surface area contributed by atoms with Crippen molar-refractivity contribution in [3.05, 3.63) is 168 Å². The first-order chi connectivity index (χ1) is 23.0. The first-order valence-corrected chi connectivity index (χ1v) is 15.7. The maximum Gasteiger partial charge on any atom is 0.303 e. The fraction of sp³-hybridized carbons (Fsp3) is 0.146. The van der Waals surface area contributed by atoms with Crippen LogP contribution in [-0.4, -0.2) is 21.0 Å². The van der Waals surface area contributed by atoms with Crippen molar-refractivity contribution >= 4 is 5.97 Å². The van der Waals surface area contributed by atoms with Gasteiger partial charge in [0, 0.05) is 24.2 Å². The lowest BCUT2D eigenvalue weighted by molar-refractivity contribution is -0.137. The number of carbonyl (C=O) groups is 1. The highest BCUT2D eigenvalue weighted by molar-refractivity contribution is 5.67. The molecule has 0 saturated heterocycles. The lowest BCUT2D eigenvalue weighted by atomic mass is 9.73. The highest BCUT2D eigenvalue weighted by atomic mass is 16.5. The lowest BCUT2D eigenvalue weighted by Gasteiger charge is -2.31. The van der Waals surface area contributed by atoms with E-state index in [1.165, 1.54) is 0 Å². The zero-order chi connectivity index (χ0) is 32.5. The molecule has 0 atom stereocenters. The van der Waals surface area contributed by atoms with Crippen LogP contribution >= 0.6 is 0 Å². The molecule has 0 radical (unpaired) electrons. The molecule has 0 aliphatic carbocycles. The zero-order valence-corrected chi connectivity index (χ0v) is 26.3. The maximum absolute atomic E-state index is 11.6. The van der Waals surface area contributed by atoms with Gasteiger partial charge in [-0.15, -0.1) is 0 Å². The van der Waals surface area contributed by atoms with Crippen molar-refractivity contribution in [2.24, 2.45) is 0 Å². The van der Waals surface area contributed by atoms with Crippen molar-refractivity contribution in [1.29, 1.82) is 0 Å². The van der Waals surface area contributed by atoms with Crippen molar-refractivity contribution in [1.82, 2.24) is 9.97 Å². The van der Waals surface area contributed by atoms with Gasteiger partial charge in [0.05, 0.1) is 11.4 Å². The Balaban J connectivity index is 1.13. The minimum Gasteiger partial charge on any atom is -0.487 e. The van der Waals surface area contributed by atoms with Crippen molar-refractivity contribution < 1.29 is 19.4 Å². The molecular weight excluding hydrogens is 584 g/mol. The summed E-state index contributed by atoms with van der Waals surface area (Å²) in [7, 11) is 0. The van der Waals surface area contributed by atoms with Crippen LogP contribution in [0.4, 0.5) is 0 Å². The monoisotopic (exact) mass is 620 g/mol. The Hall–Kier alpha value is -5.75. The Kier molecular flexibility index (Phi) is 9.68. The summed E-state index contributed by atoms with van der Waals surface area (Å²) in [4.78, 5) is 20.6. The van der Waals surface area contributed by atoms with Gasteiger partial charge in [0.1, 0.15) is 24.7 Å². The van der Waals surface area contributed by atoms with Crippen LogP contribution in [0.15, 0.2) is 146 Å². The molecule has 234 valence electrons. The summed E-state index contributed by atoms with van der Waals surface area (Å²) < 4.78 is 12.2. The van der Waals surface area contributed by atoms with Crippen LogP contribution in [0.5, 0.6) is 11.5 Å². The standard InChI is InChI=1S/C41H36N2O4/c1-41(23-20-40(44)45,34-12-16-38(17-13-34)46-28-36-26-32(21-24-42-36)30-8-4-2-5-9-30)35-14-18-39(19-15-35)47-29-37-27-33(22-25-43-37)31-10-6-3-7-11-31/h2-19,21-22,24-27H,20,23,28-29H2,1H3,(H,44,45). The van der Waals surface area contributed by atoms with Gasteiger partial charge in [-0.3, -0.25) is 14.8 Å². The Labute approximate surface area is 275 Å². The summed E-state index contributed by atoms with van der Waals surface area (Å²) in [6.45, 7) is 2.76. The molecule has 47 heavy (non-hydrogen) atoms. The third-order valence-electron chi connectivity index (χ3n) is 8.44. The molecule has 0 spiro atoms. The molecule has 0 bridgehead atoms. The SMILES string of the molecule is CC(CCC(=O)O)(c1ccc(OCc2cc(-c3ccccc3)ccn2)cc1)c1ccc(OCc2cc(-c3ccccc3)ccn2)cc1. The first kappa shape index (κ1) is 31.2. The number of hydrogen-bond donors (Lipinski definition) is 1. The smallest absolute Gasteiger partial charge is 0.303 e. The highest BCUT2D eigenvalue weighted by Crippen LogP contribution is 2.38. The molecule has 0 aliphatic heterocycles. The molecule has 6 rings (SSSR count). The largest absolute Gasteiger partial charge is 0.487 e. The van der Waals surface area contributed by atoms with Gasteiger partial charge < -0.3 is 14.6 Å². The van der Waals surface area contributed by atoms with Gasteiger partial charge in [-0.05, 0) is 88.3 Å². The van der Waals surface area contributed by atoms with Gasteiger partial charge in [-0.25, -0.2) is 0 Å². The Bertz CT molecular complexity index is 1780. The summed E-state index contributed by atoms with van der Waals surface area (Å²) in [6, 6.07) is 44.2. The molecular formula is C41H36N2O4. The molecule has 2 heterocycles. The minimum atomic E-state index is -0.827. The van der Waals surface area contributed by atoms with Crippen LogP contribution in [0, 0.1) is 0 Å². The number of rotatable bonds is 13. The zero-order valence-electron chi connectivity index (χ0n) is 26.3. The number of benzene rings is 4. The van der Waals surface area contributed by atoms with Crippen molar-refractivity contribution in [3.8, 4) is 33.8 Å². The normalized spacial score (nSPS) is 11.2. The summed E-state index contributed by atoms with van der Waals surface area (Å²) in [6.07, 6.45) is 4.08. The summed E-state index contributed by atoms with van der Waals surface area (Å²) in [5.74, 6) is 0.608. The van der Waals surface area contributed by atoms with Crippen LogP contribution in [0.1, 0.15) is 42.3 Å². The number of ether oxygens (including phenoxy) is 2. The van der Waals surface area contributed by atoms with E-state index in [2.05, 4.69) is 41.2 Å². The van der Waals surface area contributed by atoms with E-state index >= 15 is 0 Å². The average molecular weight is 621 g/mol. The molecule has 6 heteroatoms. The summed E-state index contributed by atoms with van der Waals surface area (Å²) in [5.41, 5.74) is 7.59. The predicted octanol–water partition coefficient (Wildman–Crippen LogP) is 9.14.